The molecule has 0 saturated carbocycles. The molecule has 0 fully saturated rings. The van der Waals surface area contributed by atoms with Crippen molar-refractivity contribution in [3.63, 3.8) is 0 Å². The van der Waals surface area contributed by atoms with Crippen LogP contribution in [0.3, 0.4) is 0 Å². The maximum Gasteiger partial charge on any atom is 0.108 e. The van der Waals surface area contributed by atoms with E-state index in [1.165, 1.54) is 0 Å². The van der Waals surface area contributed by atoms with Gasteiger partial charge in [-0.25, -0.2) is 5.11 Å². The second kappa shape index (κ2) is 4.69. The predicted molar refractivity (Wildman–Crippen MR) is 29.3 cm³/mol. The summed E-state index contributed by atoms with van der Waals surface area (Å²) in [5.74, 6) is 0. The normalized spacial score (nSPS) is 17.3. The van der Waals surface area contributed by atoms with Gasteiger partial charge in [0.1, 0.15) is 6.61 Å². The molecule has 0 bridgehead atoms. The Hall–Kier alpha value is -0.160. The molecule has 0 aromatic heterocycles. The summed E-state index contributed by atoms with van der Waals surface area (Å²) in [6, 6.07) is 0. The molecule has 0 heterocycles. The van der Waals surface area contributed by atoms with Crippen LogP contribution in [0.15, 0.2) is 0 Å². The van der Waals surface area contributed by atoms with Crippen LogP contribution in [0.25, 0.3) is 0 Å². The fourth-order valence-corrected chi connectivity index (χ4v) is 0.457. The van der Waals surface area contributed by atoms with Crippen LogP contribution in [0.5, 0.6) is 0 Å². The van der Waals surface area contributed by atoms with Gasteiger partial charge in [0.05, 0.1) is 18.8 Å². The lowest BCUT2D eigenvalue weighted by Gasteiger charge is -2.09. The van der Waals surface area contributed by atoms with Crippen LogP contribution in [0, 0.1) is 0 Å². The van der Waals surface area contributed by atoms with E-state index in [2.05, 4.69) is 0 Å². The zero-order chi connectivity index (χ0) is 7.28. The van der Waals surface area contributed by atoms with E-state index >= 15 is 0 Å². The summed E-state index contributed by atoms with van der Waals surface area (Å²) >= 11 is 0. The first-order chi connectivity index (χ1) is 4.20. The van der Waals surface area contributed by atoms with Gasteiger partial charge in [0, 0.05) is 6.42 Å². The molecule has 0 aliphatic rings. The molecule has 0 rings (SSSR count). The SMILES string of the molecule is [O]CC(O)CC(O)CO. The molecule has 0 spiro atoms. The average molecular weight is 135 g/mol. The Bertz CT molecular complexity index is 58.0. The van der Waals surface area contributed by atoms with Gasteiger partial charge in [-0.2, -0.15) is 0 Å². The molecular formula is C5H11O4. The van der Waals surface area contributed by atoms with Crippen molar-refractivity contribution < 1.29 is 20.4 Å². The highest BCUT2D eigenvalue weighted by molar-refractivity contribution is 4.59. The quantitative estimate of drug-likeness (QED) is 0.440. The molecule has 0 aliphatic carbocycles. The van der Waals surface area contributed by atoms with Crippen LogP contribution in [-0.4, -0.2) is 40.7 Å². The van der Waals surface area contributed by atoms with Crippen molar-refractivity contribution >= 4 is 0 Å². The average Bonchev–Trinajstić information content (AvgIpc) is 1.87. The molecule has 0 aliphatic heterocycles. The van der Waals surface area contributed by atoms with Crippen molar-refractivity contribution in [2.75, 3.05) is 13.2 Å². The largest absolute Gasteiger partial charge is 0.394 e. The van der Waals surface area contributed by atoms with E-state index < -0.39 is 25.4 Å². The lowest BCUT2D eigenvalue weighted by atomic mass is 10.2. The summed E-state index contributed by atoms with van der Waals surface area (Å²) in [5.41, 5.74) is 0. The second-order valence-electron chi connectivity index (χ2n) is 1.89. The van der Waals surface area contributed by atoms with Crippen molar-refractivity contribution in [3.8, 4) is 0 Å². The van der Waals surface area contributed by atoms with Crippen molar-refractivity contribution in [2.24, 2.45) is 0 Å². The van der Waals surface area contributed by atoms with Gasteiger partial charge in [-0.15, -0.1) is 0 Å². The van der Waals surface area contributed by atoms with E-state index in [4.69, 9.17) is 15.3 Å². The Morgan fingerprint density at radius 3 is 2.11 bits per heavy atom. The lowest BCUT2D eigenvalue weighted by Crippen LogP contribution is -2.22. The van der Waals surface area contributed by atoms with Gasteiger partial charge in [0.2, 0.25) is 0 Å². The highest BCUT2D eigenvalue weighted by Gasteiger charge is 2.09. The lowest BCUT2D eigenvalue weighted by molar-refractivity contribution is 0.00133. The van der Waals surface area contributed by atoms with E-state index in [-0.39, 0.29) is 6.42 Å². The van der Waals surface area contributed by atoms with Crippen molar-refractivity contribution in [1.82, 2.24) is 0 Å². The number of hydrogen-bond donors (Lipinski definition) is 3. The summed E-state index contributed by atoms with van der Waals surface area (Å²) in [5, 5.41) is 35.2. The van der Waals surface area contributed by atoms with Crippen molar-refractivity contribution in [3.05, 3.63) is 0 Å². The number of aliphatic hydroxyl groups excluding tert-OH is 3. The first-order valence-corrected chi connectivity index (χ1v) is 2.75. The maximum atomic E-state index is 9.84. The third-order valence-corrected chi connectivity index (χ3v) is 0.947. The summed E-state index contributed by atoms with van der Waals surface area (Å²) in [6.45, 7) is -1.03. The minimum Gasteiger partial charge on any atom is -0.394 e. The van der Waals surface area contributed by atoms with Gasteiger partial charge in [-0.05, 0) is 0 Å². The van der Waals surface area contributed by atoms with E-state index in [0.717, 1.165) is 0 Å². The first kappa shape index (κ1) is 8.84. The molecule has 0 aromatic rings. The van der Waals surface area contributed by atoms with E-state index in [1.54, 1.807) is 0 Å². The number of aliphatic hydroxyl groups is 3. The summed E-state index contributed by atoms with van der Waals surface area (Å²) < 4.78 is 0. The Kier molecular flexibility index (Phi) is 4.61. The second-order valence-corrected chi connectivity index (χ2v) is 1.89. The molecule has 9 heavy (non-hydrogen) atoms. The van der Waals surface area contributed by atoms with Gasteiger partial charge >= 0.3 is 0 Å². The van der Waals surface area contributed by atoms with E-state index in [9.17, 15) is 5.11 Å². The fraction of sp³-hybridized carbons (Fsp3) is 1.00. The number of hydrogen-bond acceptors (Lipinski definition) is 3. The summed E-state index contributed by atoms with van der Waals surface area (Å²) in [6.07, 6.45) is -2.04. The van der Waals surface area contributed by atoms with E-state index in [1.807, 2.05) is 0 Å². The molecule has 4 nitrogen and oxygen atoms in total. The summed E-state index contributed by atoms with van der Waals surface area (Å²) in [4.78, 5) is 0. The molecule has 4 heteroatoms. The third-order valence-electron chi connectivity index (χ3n) is 0.947. The number of rotatable bonds is 4. The van der Waals surface area contributed by atoms with Crippen LogP contribution in [0.4, 0.5) is 0 Å². The first-order valence-electron chi connectivity index (χ1n) is 2.75. The van der Waals surface area contributed by atoms with Crippen LogP contribution < -0.4 is 0 Å². The zero-order valence-electron chi connectivity index (χ0n) is 5.03. The van der Waals surface area contributed by atoms with Crippen molar-refractivity contribution in [2.45, 2.75) is 18.6 Å². The predicted octanol–water partition coefficient (Wildman–Crippen LogP) is -1.48. The zero-order valence-corrected chi connectivity index (χ0v) is 5.03. The fourth-order valence-electron chi connectivity index (χ4n) is 0.457. The Morgan fingerprint density at radius 1 is 1.22 bits per heavy atom. The van der Waals surface area contributed by atoms with Gasteiger partial charge in [0.15, 0.2) is 0 Å². The topological polar surface area (TPSA) is 80.6 Å². The Labute approximate surface area is 53.4 Å². The minimum absolute atomic E-state index is 0.0417. The van der Waals surface area contributed by atoms with Crippen molar-refractivity contribution in [1.29, 1.82) is 0 Å². The molecule has 2 atom stereocenters. The molecule has 55 valence electrons. The highest BCUT2D eigenvalue weighted by atomic mass is 16.3. The van der Waals surface area contributed by atoms with Crippen LogP contribution in [-0.2, 0) is 5.11 Å². The van der Waals surface area contributed by atoms with Crippen LogP contribution in [0.2, 0.25) is 0 Å². The monoisotopic (exact) mass is 135 g/mol. The van der Waals surface area contributed by atoms with Gasteiger partial charge < -0.3 is 15.3 Å². The minimum atomic E-state index is -1.04. The van der Waals surface area contributed by atoms with Gasteiger partial charge in [0.25, 0.3) is 0 Å². The summed E-state index contributed by atoms with van der Waals surface area (Å²) in [7, 11) is 0. The molecule has 0 saturated heterocycles. The van der Waals surface area contributed by atoms with Gasteiger partial charge in [-0.3, -0.25) is 0 Å². The molecule has 0 aromatic carbocycles. The maximum absolute atomic E-state index is 9.84. The molecule has 3 N–H and O–H groups in total. The molecule has 1 radical (unpaired) electrons. The van der Waals surface area contributed by atoms with E-state index in [0.29, 0.717) is 0 Å². The molecule has 2 unspecified atom stereocenters. The Balaban J connectivity index is 3.22. The highest BCUT2D eigenvalue weighted by Crippen LogP contribution is 1.95. The van der Waals surface area contributed by atoms with Gasteiger partial charge in [-0.1, -0.05) is 0 Å². The third kappa shape index (κ3) is 4.35. The smallest absolute Gasteiger partial charge is 0.108 e. The van der Waals surface area contributed by atoms with Crippen LogP contribution in [0.1, 0.15) is 6.42 Å². The molecule has 0 amide bonds. The Morgan fingerprint density at radius 2 is 1.78 bits per heavy atom. The molecular weight excluding hydrogens is 124 g/mol. The van der Waals surface area contributed by atoms with Crippen LogP contribution >= 0.6 is 0 Å². The standard InChI is InChI=1S/C5H11O4/c6-2-4(8)1-5(9)3-7/h4-6,8-9H,1-3H2.